The SMILES string of the molecule is CCC1(C(=O)O)CCN(C(=O)C2(CC)CCCNC2)C1. The molecule has 2 aliphatic rings. The fourth-order valence-electron chi connectivity index (χ4n) is 3.60. The first-order valence-corrected chi connectivity index (χ1v) is 7.73. The van der Waals surface area contributed by atoms with Crippen molar-refractivity contribution in [1.29, 1.82) is 0 Å². The van der Waals surface area contributed by atoms with Gasteiger partial charge in [-0.2, -0.15) is 0 Å². The van der Waals surface area contributed by atoms with Crippen molar-refractivity contribution >= 4 is 11.9 Å². The molecular weight excluding hydrogens is 256 g/mol. The van der Waals surface area contributed by atoms with Crippen LogP contribution in [0.25, 0.3) is 0 Å². The van der Waals surface area contributed by atoms with E-state index in [-0.39, 0.29) is 11.3 Å². The molecule has 0 radical (unpaired) electrons. The molecule has 2 rings (SSSR count). The number of carbonyl (C=O) groups is 2. The number of aliphatic carboxylic acids is 1. The minimum Gasteiger partial charge on any atom is -0.481 e. The van der Waals surface area contributed by atoms with Gasteiger partial charge in [0.15, 0.2) is 0 Å². The van der Waals surface area contributed by atoms with Crippen LogP contribution in [0.3, 0.4) is 0 Å². The van der Waals surface area contributed by atoms with Crippen LogP contribution in [0, 0.1) is 10.8 Å². The van der Waals surface area contributed by atoms with Crippen LogP contribution in [0.4, 0.5) is 0 Å². The standard InChI is InChI=1S/C15H26N2O3/c1-3-14(6-5-8-16-10-14)12(18)17-9-7-15(4-2,11-17)13(19)20/h16H,3-11H2,1-2H3,(H,19,20). The Balaban J connectivity index is 2.12. The van der Waals surface area contributed by atoms with Crippen molar-refractivity contribution in [1.82, 2.24) is 10.2 Å². The van der Waals surface area contributed by atoms with Crippen LogP contribution >= 0.6 is 0 Å². The van der Waals surface area contributed by atoms with Crippen LogP contribution in [-0.4, -0.2) is 48.1 Å². The largest absolute Gasteiger partial charge is 0.481 e. The predicted molar refractivity (Wildman–Crippen MR) is 76.4 cm³/mol. The number of hydrogen-bond acceptors (Lipinski definition) is 3. The highest BCUT2D eigenvalue weighted by atomic mass is 16.4. The lowest BCUT2D eigenvalue weighted by molar-refractivity contribution is -0.149. The normalized spacial score (nSPS) is 34.2. The summed E-state index contributed by atoms with van der Waals surface area (Å²) in [6.07, 6.45) is 3.92. The molecule has 0 aromatic rings. The quantitative estimate of drug-likeness (QED) is 0.819. The van der Waals surface area contributed by atoms with Crippen molar-refractivity contribution in [3.8, 4) is 0 Å². The molecule has 0 bridgehead atoms. The number of nitrogens with one attached hydrogen (secondary N) is 1. The first-order chi connectivity index (χ1) is 9.49. The predicted octanol–water partition coefficient (Wildman–Crippen LogP) is 1.48. The van der Waals surface area contributed by atoms with Gasteiger partial charge in [-0.15, -0.1) is 0 Å². The van der Waals surface area contributed by atoms with Gasteiger partial charge in [0.2, 0.25) is 5.91 Å². The molecule has 0 spiro atoms. The summed E-state index contributed by atoms with van der Waals surface area (Å²) in [4.78, 5) is 26.2. The number of carboxylic acid groups (broad SMARTS) is 1. The number of hydrogen-bond donors (Lipinski definition) is 2. The molecule has 0 aromatic carbocycles. The maximum absolute atomic E-state index is 12.9. The van der Waals surface area contributed by atoms with Crippen molar-refractivity contribution in [2.24, 2.45) is 10.8 Å². The molecular formula is C15H26N2O3. The Morgan fingerprint density at radius 3 is 2.35 bits per heavy atom. The Bertz CT molecular complexity index is 391. The summed E-state index contributed by atoms with van der Waals surface area (Å²) in [7, 11) is 0. The number of carbonyl (C=O) groups excluding carboxylic acids is 1. The van der Waals surface area contributed by atoms with Crippen LogP contribution < -0.4 is 5.32 Å². The molecule has 5 nitrogen and oxygen atoms in total. The highest BCUT2D eigenvalue weighted by Gasteiger charge is 2.49. The van der Waals surface area contributed by atoms with Crippen molar-refractivity contribution < 1.29 is 14.7 Å². The second kappa shape index (κ2) is 5.72. The van der Waals surface area contributed by atoms with Crippen LogP contribution in [0.15, 0.2) is 0 Å². The summed E-state index contributed by atoms with van der Waals surface area (Å²) in [6, 6.07) is 0. The van der Waals surface area contributed by atoms with Gasteiger partial charge in [0.1, 0.15) is 0 Å². The Hall–Kier alpha value is -1.10. The Morgan fingerprint density at radius 1 is 1.20 bits per heavy atom. The summed E-state index contributed by atoms with van der Waals surface area (Å²) >= 11 is 0. The molecule has 2 saturated heterocycles. The van der Waals surface area contributed by atoms with E-state index >= 15 is 0 Å². The van der Waals surface area contributed by atoms with Crippen LogP contribution in [-0.2, 0) is 9.59 Å². The summed E-state index contributed by atoms with van der Waals surface area (Å²) in [5, 5.41) is 12.8. The molecule has 20 heavy (non-hydrogen) atoms. The van der Waals surface area contributed by atoms with Crippen LogP contribution in [0.5, 0.6) is 0 Å². The minimum atomic E-state index is -0.761. The summed E-state index contributed by atoms with van der Waals surface area (Å²) in [6.45, 7) is 6.62. The van der Waals surface area contributed by atoms with Gasteiger partial charge in [-0.25, -0.2) is 0 Å². The number of nitrogens with zero attached hydrogens (tertiary/aromatic N) is 1. The minimum absolute atomic E-state index is 0.156. The average molecular weight is 282 g/mol. The van der Waals surface area contributed by atoms with Gasteiger partial charge in [0, 0.05) is 19.6 Å². The Morgan fingerprint density at radius 2 is 1.90 bits per heavy atom. The highest BCUT2D eigenvalue weighted by molar-refractivity contribution is 5.85. The lowest BCUT2D eigenvalue weighted by Gasteiger charge is -2.38. The highest BCUT2D eigenvalue weighted by Crippen LogP contribution is 2.39. The third-order valence-corrected chi connectivity index (χ3v) is 5.37. The number of rotatable bonds is 4. The van der Waals surface area contributed by atoms with Crippen molar-refractivity contribution in [2.45, 2.75) is 46.0 Å². The van der Waals surface area contributed by atoms with Crippen molar-refractivity contribution in [2.75, 3.05) is 26.2 Å². The average Bonchev–Trinajstić information content (AvgIpc) is 2.93. The monoisotopic (exact) mass is 282 g/mol. The fraction of sp³-hybridized carbons (Fsp3) is 0.867. The van der Waals surface area contributed by atoms with E-state index in [1.807, 2.05) is 6.92 Å². The number of carboxylic acids is 1. The zero-order valence-electron chi connectivity index (χ0n) is 12.6. The summed E-state index contributed by atoms with van der Waals surface area (Å²) < 4.78 is 0. The van der Waals surface area contributed by atoms with Gasteiger partial charge >= 0.3 is 5.97 Å². The van der Waals surface area contributed by atoms with E-state index in [1.54, 1.807) is 4.90 Å². The molecule has 0 aromatic heterocycles. The van der Waals surface area contributed by atoms with Crippen LogP contribution in [0.1, 0.15) is 46.0 Å². The van der Waals surface area contributed by atoms with E-state index in [9.17, 15) is 14.7 Å². The van der Waals surface area contributed by atoms with E-state index in [4.69, 9.17) is 0 Å². The first kappa shape index (κ1) is 15.3. The fourth-order valence-corrected chi connectivity index (χ4v) is 3.60. The molecule has 2 fully saturated rings. The third-order valence-electron chi connectivity index (χ3n) is 5.37. The zero-order chi connectivity index (χ0) is 14.8. The molecule has 0 aliphatic carbocycles. The molecule has 1 amide bonds. The van der Waals surface area contributed by atoms with Gasteiger partial charge in [0.25, 0.3) is 0 Å². The van der Waals surface area contributed by atoms with Crippen molar-refractivity contribution in [3.63, 3.8) is 0 Å². The zero-order valence-corrected chi connectivity index (χ0v) is 12.6. The molecule has 2 N–H and O–H groups in total. The Labute approximate surface area is 120 Å². The second-order valence-electron chi connectivity index (χ2n) is 6.33. The molecule has 0 saturated carbocycles. The van der Waals surface area contributed by atoms with E-state index in [1.165, 1.54) is 0 Å². The van der Waals surface area contributed by atoms with Crippen LogP contribution in [0.2, 0.25) is 0 Å². The van der Waals surface area contributed by atoms with E-state index in [2.05, 4.69) is 12.2 Å². The van der Waals surface area contributed by atoms with Crippen molar-refractivity contribution in [3.05, 3.63) is 0 Å². The van der Waals surface area contributed by atoms with E-state index in [0.29, 0.717) is 25.9 Å². The summed E-state index contributed by atoms with van der Waals surface area (Å²) in [5.74, 6) is -0.605. The topological polar surface area (TPSA) is 69.6 Å². The molecule has 2 heterocycles. The van der Waals surface area contributed by atoms with Gasteiger partial charge in [0.05, 0.1) is 10.8 Å². The maximum atomic E-state index is 12.9. The number of amides is 1. The number of likely N-dealkylation sites (tertiary alicyclic amines) is 1. The number of piperidine rings is 1. The molecule has 2 unspecified atom stereocenters. The lowest BCUT2D eigenvalue weighted by atomic mass is 9.77. The molecule has 5 heteroatoms. The summed E-state index contributed by atoms with van der Waals surface area (Å²) in [5.41, 5.74) is -1.05. The molecule has 2 atom stereocenters. The maximum Gasteiger partial charge on any atom is 0.311 e. The van der Waals surface area contributed by atoms with Gasteiger partial charge < -0.3 is 15.3 Å². The van der Waals surface area contributed by atoms with E-state index < -0.39 is 11.4 Å². The third kappa shape index (κ3) is 2.43. The van der Waals surface area contributed by atoms with Gasteiger partial charge in [-0.05, 0) is 38.6 Å². The Kier molecular flexibility index (Phi) is 4.37. The molecule has 114 valence electrons. The first-order valence-electron chi connectivity index (χ1n) is 7.73. The second-order valence-corrected chi connectivity index (χ2v) is 6.33. The van der Waals surface area contributed by atoms with Gasteiger partial charge in [-0.3, -0.25) is 9.59 Å². The molecule has 2 aliphatic heterocycles. The smallest absolute Gasteiger partial charge is 0.311 e. The van der Waals surface area contributed by atoms with E-state index in [0.717, 1.165) is 32.4 Å². The van der Waals surface area contributed by atoms with Gasteiger partial charge in [-0.1, -0.05) is 13.8 Å². The lowest BCUT2D eigenvalue weighted by Crippen LogP contribution is -2.51.